The first kappa shape index (κ1) is 26.3. The predicted octanol–water partition coefficient (Wildman–Crippen LogP) is 5.73. The molecule has 3 aromatic rings. The van der Waals surface area contributed by atoms with Crippen LogP contribution >= 0.6 is 23.2 Å². The monoisotopic (exact) mass is 570 g/mol. The Morgan fingerprint density at radius 1 is 1.15 bits per heavy atom. The van der Waals surface area contributed by atoms with Crippen molar-refractivity contribution in [2.24, 2.45) is 0 Å². The molecule has 1 N–H and O–H groups in total. The number of aliphatic carboxylic acids is 1. The number of aromatic nitrogens is 2. The van der Waals surface area contributed by atoms with Crippen molar-refractivity contribution in [1.82, 2.24) is 19.4 Å². The molecule has 1 aromatic heterocycles. The number of imidazole rings is 1. The fourth-order valence-electron chi connectivity index (χ4n) is 6.32. The van der Waals surface area contributed by atoms with Crippen molar-refractivity contribution < 1.29 is 19.1 Å². The van der Waals surface area contributed by atoms with E-state index in [9.17, 15) is 19.1 Å². The lowest BCUT2D eigenvalue weighted by Crippen LogP contribution is -2.35. The van der Waals surface area contributed by atoms with Crippen molar-refractivity contribution in [1.29, 1.82) is 0 Å². The van der Waals surface area contributed by atoms with Gasteiger partial charge in [-0.2, -0.15) is 0 Å². The van der Waals surface area contributed by atoms with Gasteiger partial charge in [0.25, 0.3) is 5.91 Å². The highest BCUT2D eigenvalue weighted by molar-refractivity contribution is 6.39. The number of carboxylic acid groups (broad SMARTS) is 1. The Morgan fingerprint density at radius 3 is 2.59 bits per heavy atom. The van der Waals surface area contributed by atoms with Crippen LogP contribution in [-0.2, 0) is 24.3 Å². The summed E-state index contributed by atoms with van der Waals surface area (Å²) in [4.78, 5) is 34.0. The molecule has 1 unspecified atom stereocenters. The molecule has 3 aliphatic rings. The van der Waals surface area contributed by atoms with E-state index in [-0.39, 0.29) is 23.8 Å². The van der Waals surface area contributed by atoms with Gasteiger partial charge in [-0.25, -0.2) is 14.2 Å². The van der Waals surface area contributed by atoms with E-state index in [4.69, 9.17) is 23.2 Å². The molecule has 1 amide bonds. The average Bonchev–Trinajstić information content (AvgIpc) is 3.64. The molecule has 0 saturated carbocycles. The van der Waals surface area contributed by atoms with E-state index in [1.807, 2.05) is 16.7 Å². The van der Waals surface area contributed by atoms with E-state index >= 15 is 0 Å². The number of carbonyl (C=O) groups excluding carboxylic acids is 1. The second-order valence-corrected chi connectivity index (χ2v) is 11.3. The highest BCUT2D eigenvalue weighted by atomic mass is 35.5. The first-order chi connectivity index (χ1) is 18.9. The van der Waals surface area contributed by atoms with Crippen LogP contribution in [0.4, 0.5) is 4.39 Å². The van der Waals surface area contributed by atoms with Gasteiger partial charge in [0.1, 0.15) is 6.67 Å². The zero-order valence-electron chi connectivity index (χ0n) is 21.4. The summed E-state index contributed by atoms with van der Waals surface area (Å²) in [6, 6.07) is 8.67. The maximum absolute atomic E-state index is 13.7. The van der Waals surface area contributed by atoms with Crippen LogP contribution < -0.4 is 0 Å². The Morgan fingerprint density at radius 2 is 1.90 bits per heavy atom. The van der Waals surface area contributed by atoms with Crippen LogP contribution in [-0.4, -0.2) is 62.6 Å². The standard InChI is InChI=1S/C29H29Cl2FN4O3/c30-22-14-20(19-5-3-17(4-6-19)18-7-11-34(12-8-18)13-9-32)25(31)24-21(22)15-36(28(24)37)27(29(38)39)26-23-2-1-10-35(23)16-33-26/h3-6,14,16,18,27H,1-2,7-13,15H2,(H,38,39). The summed E-state index contributed by atoms with van der Waals surface area (Å²) in [7, 11) is 0. The van der Waals surface area contributed by atoms with Crippen LogP contribution in [0.5, 0.6) is 0 Å². The molecule has 6 rings (SSSR count). The van der Waals surface area contributed by atoms with Gasteiger partial charge in [-0.15, -0.1) is 0 Å². The molecule has 1 saturated heterocycles. The molecular weight excluding hydrogens is 542 g/mol. The Balaban J connectivity index is 1.27. The molecule has 0 bridgehead atoms. The number of hydrogen-bond donors (Lipinski definition) is 1. The van der Waals surface area contributed by atoms with Crippen molar-refractivity contribution in [3.05, 3.63) is 74.8 Å². The van der Waals surface area contributed by atoms with E-state index in [1.54, 1.807) is 12.4 Å². The SMILES string of the molecule is O=C(O)C(c1ncn2c1CCC2)N1Cc2c(Cl)cc(-c3ccc(C4CCN(CCF)CC4)cc3)c(Cl)c2C1=O. The third-order valence-electron chi connectivity index (χ3n) is 8.40. The number of piperidine rings is 1. The van der Waals surface area contributed by atoms with Gasteiger partial charge < -0.3 is 19.5 Å². The third-order valence-corrected chi connectivity index (χ3v) is 9.13. The van der Waals surface area contributed by atoms with Crippen molar-refractivity contribution in [2.75, 3.05) is 26.3 Å². The topological polar surface area (TPSA) is 78.7 Å². The van der Waals surface area contributed by atoms with Gasteiger partial charge in [0.2, 0.25) is 0 Å². The first-order valence-corrected chi connectivity index (χ1v) is 14.1. The normalized spacial score (nSPS) is 18.4. The highest BCUT2D eigenvalue weighted by Gasteiger charge is 2.43. The average molecular weight is 571 g/mol. The van der Waals surface area contributed by atoms with E-state index in [1.165, 1.54) is 10.5 Å². The maximum atomic E-state index is 13.7. The van der Waals surface area contributed by atoms with Gasteiger partial charge in [-0.1, -0.05) is 47.5 Å². The number of fused-ring (bicyclic) bond motifs is 2. The summed E-state index contributed by atoms with van der Waals surface area (Å²) in [6.45, 7) is 2.81. The zero-order chi connectivity index (χ0) is 27.3. The minimum absolute atomic E-state index is 0.0519. The molecule has 10 heteroatoms. The lowest BCUT2D eigenvalue weighted by molar-refractivity contribution is -0.142. The molecule has 1 atom stereocenters. The number of carboxylic acids is 1. The minimum atomic E-state index is -1.22. The van der Waals surface area contributed by atoms with Crippen LogP contribution in [0.2, 0.25) is 10.0 Å². The molecule has 0 spiro atoms. The quantitative estimate of drug-likeness (QED) is 0.392. The number of aryl methyl sites for hydroxylation is 1. The number of benzene rings is 2. The van der Waals surface area contributed by atoms with Crippen molar-refractivity contribution in [2.45, 2.75) is 50.7 Å². The van der Waals surface area contributed by atoms with Gasteiger partial charge in [0.15, 0.2) is 6.04 Å². The van der Waals surface area contributed by atoms with Gasteiger partial charge in [0.05, 0.1) is 22.6 Å². The van der Waals surface area contributed by atoms with Gasteiger partial charge in [-0.05, 0) is 61.9 Å². The van der Waals surface area contributed by atoms with Crippen molar-refractivity contribution in [3.8, 4) is 11.1 Å². The molecule has 39 heavy (non-hydrogen) atoms. The summed E-state index contributed by atoms with van der Waals surface area (Å²) in [5.41, 5.74) is 4.74. The molecular formula is C29H29Cl2FN4O3. The fraction of sp³-hybridized carbons (Fsp3) is 0.414. The minimum Gasteiger partial charge on any atom is -0.479 e. The molecule has 0 aliphatic carbocycles. The second kappa shape index (κ2) is 10.6. The fourth-order valence-corrected chi connectivity index (χ4v) is 6.94. The maximum Gasteiger partial charge on any atom is 0.332 e. The van der Waals surface area contributed by atoms with Crippen LogP contribution in [0, 0.1) is 0 Å². The van der Waals surface area contributed by atoms with Crippen LogP contribution in [0.3, 0.4) is 0 Å². The van der Waals surface area contributed by atoms with Gasteiger partial charge in [0, 0.05) is 41.5 Å². The number of carbonyl (C=O) groups is 2. The smallest absolute Gasteiger partial charge is 0.332 e. The molecule has 1 fully saturated rings. The number of halogens is 3. The zero-order valence-corrected chi connectivity index (χ0v) is 22.9. The number of nitrogens with zero attached hydrogens (tertiary/aromatic N) is 4. The number of rotatable bonds is 7. The molecule has 4 heterocycles. The molecule has 0 radical (unpaired) electrons. The second-order valence-electron chi connectivity index (χ2n) is 10.5. The molecule has 7 nitrogen and oxygen atoms in total. The van der Waals surface area contributed by atoms with Crippen LogP contribution in [0.15, 0.2) is 36.7 Å². The van der Waals surface area contributed by atoms with Crippen LogP contribution in [0.25, 0.3) is 11.1 Å². The van der Waals surface area contributed by atoms with Gasteiger partial charge in [-0.3, -0.25) is 4.79 Å². The Hall–Kier alpha value is -2.94. The summed E-state index contributed by atoms with van der Waals surface area (Å²) < 4.78 is 14.6. The lowest BCUT2D eigenvalue weighted by atomic mass is 9.88. The Kier molecular flexibility index (Phi) is 7.12. The number of alkyl halides is 1. The van der Waals surface area contributed by atoms with Gasteiger partial charge >= 0.3 is 5.97 Å². The number of likely N-dealkylation sites (tertiary alicyclic amines) is 1. The van der Waals surface area contributed by atoms with E-state index in [0.29, 0.717) is 34.3 Å². The van der Waals surface area contributed by atoms with Crippen LogP contribution in [0.1, 0.15) is 64.1 Å². The first-order valence-electron chi connectivity index (χ1n) is 13.3. The Bertz CT molecular complexity index is 1430. The van der Waals surface area contributed by atoms with Crippen molar-refractivity contribution in [3.63, 3.8) is 0 Å². The van der Waals surface area contributed by atoms with E-state index in [0.717, 1.165) is 56.6 Å². The number of hydrogen-bond acceptors (Lipinski definition) is 4. The Labute approximate surface area is 236 Å². The highest BCUT2D eigenvalue weighted by Crippen LogP contribution is 2.44. The summed E-state index contributed by atoms with van der Waals surface area (Å²) >= 11 is 13.5. The molecule has 3 aliphatic heterocycles. The molecule has 2 aromatic carbocycles. The van der Waals surface area contributed by atoms with Crippen molar-refractivity contribution >= 4 is 35.1 Å². The number of amides is 1. The van der Waals surface area contributed by atoms with E-state index < -0.39 is 17.9 Å². The predicted molar refractivity (Wildman–Crippen MR) is 147 cm³/mol. The summed E-state index contributed by atoms with van der Waals surface area (Å²) in [5, 5.41) is 10.8. The lowest BCUT2D eigenvalue weighted by Gasteiger charge is -2.31. The largest absolute Gasteiger partial charge is 0.479 e. The third kappa shape index (κ3) is 4.62. The van der Waals surface area contributed by atoms with E-state index in [2.05, 4.69) is 22.0 Å². The molecule has 204 valence electrons. The summed E-state index contributed by atoms with van der Waals surface area (Å²) in [6.07, 6.45) is 5.27. The summed E-state index contributed by atoms with van der Waals surface area (Å²) in [5.74, 6) is -1.17.